The van der Waals surface area contributed by atoms with Crippen molar-refractivity contribution >= 4 is 12.4 Å². The van der Waals surface area contributed by atoms with Gasteiger partial charge in [0.25, 0.3) is 0 Å². The fourth-order valence-corrected chi connectivity index (χ4v) is 1.84. The van der Waals surface area contributed by atoms with Gasteiger partial charge < -0.3 is 17.7 Å². The maximum atomic E-state index is 13.8. The van der Waals surface area contributed by atoms with Gasteiger partial charge in [-0.25, -0.2) is 8.78 Å². The molecule has 0 aliphatic heterocycles. The first-order chi connectivity index (χ1) is 10.3. The molecule has 2 aromatic carbocycles. The topological polar surface area (TPSA) is 33.0 Å². The number of hydrogen-bond donors (Lipinski definition) is 0. The average Bonchev–Trinajstić information content (AvgIpc) is 2.46. The third-order valence-corrected chi connectivity index (χ3v) is 2.91. The SMILES string of the molecule is N#Cc1cccc(COc2ccc(F)cc2[B-](F)(F)F)c1F.[K+]. The Morgan fingerprint density at radius 3 is 2.39 bits per heavy atom. The van der Waals surface area contributed by atoms with Crippen molar-refractivity contribution in [2.24, 2.45) is 0 Å². The zero-order valence-corrected chi connectivity index (χ0v) is 15.1. The molecule has 0 spiro atoms. The minimum atomic E-state index is -5.47. The van der Waals surface area contributed by atoms with Crippen molar-refractivity contribution in [3.63, 3.8) is 0 Å². The Hall–Kier alpha value is -0.919. The molecule has 114 valence electrons. The van der Waals surface area contributed by atoms with Crippen LogP contribution in [-0.4, -0.2) is 6.98 Å². The molecule has 0 heterocycles. The second-order valence-electron chi connectivity index (χ2n) is 4.44. The molecule has 0 amide bonds. The Labute approximate surface area is 171 Å². The van der Waals surface area contributed by atoms with Crippen LogP contribution in [0.15, 0.2) is 36.4 Å². The van der Waals surface area contributed by atoms with Gasteiger partial charge in [-0.2, -0.15) is 5.26 Å². The summed E-state index contributed by atoms with van der Waals surface area (Å²) in [6.45, 7) is -5.98. The Morgan fingerprint density at radius 2 is 1.78 bits per heavy atom. The van der Waals surface area contributed by atoms with Gasteiger partial charge in [-0.1, -0.05) is 17.6 Å². The van der Waals surface area contributed by atoms with Gasteiger partial charge in [-0.15, -0.1) is 0 Å². The van der Waals surface area contributed by atoms with Crippen LogP contribution in [0.4, 0.5) is 21.7 Å². The van der Waals surface area contributed by atoms with Crippen molar-refractivity contribution in [1.29, 1.82) is 5.26 Å². The van der Waals surface area contributed by atoms with Gasteiger partial charge in [0, 0.05) is 5.56 Å². The molecular formula is C14H8BF5KNO. The number of hydrogen-bond acceptors (Lipinski definition) is 2. The first kappa shape index (κ1) is 20.1. The normalized spacial score (nSPS) is 10.6. The van der Waals surface area contributed by atoms with Crippen LogP contribution in [0.1, 0.15) is 11.1 Å². The molecule has 2 aromatic rings. The molecule has 0 unspecified atom stereocenters. The Balaban J connectivity index is 0.00000264. The van der Waals surface area contributed by atoms with Crippen molar-refractivity contribution in [3.8, 4) is 11.8 Å². The summed E-state index contributed by atoms with van der Waals surface area (Å²) < 4.78 is 70.3. The van der Waals surface area contributed by atoms with Gasteiger partial charge in [-0.05, 0) is 24.3 Å². The first-order valence-electron chi connectivity index (χ1n) is 6.12. The summed E-state index contributed by atoms with van der Waals surface area (Å²) in [5.41, 5.74) is -1.53. The number of ether oxygens (including phenoxy) is 1. The third kappa shape index (κ3) is 5.03. The van der Waals surface area contributed by atoms with Crippen LogP contribution in [0.3, 0.4) is 0 Å². The predicted molar refractivity (Wildman–Crippen MR) is 70.6 cm³/mol. The summed E-state index contributed by atoms with van der Waals surface area (Å²) in [4.78, 5) is 0. The molecule has 23 heavy (non-hydrogen) atoms. The van der Waals surface area contributed by atoms with Crippen molar-refractivity contribution < 1.29 is 77.8 Å². The number of benzene rings is 2. The predicted octanol–water partition coefficient (Wildman–Crippen LogP) is 0.474. The molecule has 0 bridgehead atoms. The Bertz CT molecular complexity index is 745. The average molecular weight is 351 g/mol. The van der Waals surface area contributed by atoms with Crippen LogP contribution in [0.2, 0.25) is 0 Å². The molecule has 0 radical (unpaired) electrons. The smallest absolute Gasteiger partial charge is 0.492 e. The molecule has 0 aromatic heterocycles. The number of halogens is 5. The summed E-state index contributed by atoms with van der Waals surface area (Å²) in [5, 5.41) is 8.69. The standard InChI is InChI=1S/C14H8BF5NO.K/c16-11-4-5-13(12(6-11)15(18,19)20)22-8-10-3-1-2-9(7-21)14(10)17;/h1-6H,8H2;/q-1;+1. The maximum Gasteiger partial charge on any atom is 1.00 e. The monoisotopic (exact) mass is 351 g/mol. The van der Waals surface area contributed by atoms with E-state index in [4.69, 9.17) is 10.00 Å². The van der Waals surface area contributed by atoms with Crippen LogP contribution >= 0.6 is 0 Å². The summed E-state index contributed by atoms with van der Waals surface area (Å²) >= 11 is 0. The van der Waals surface area contributed by atoms with E-state index in [2.05, 4.69) is 0 Å². The van der Waals surface area contributed by atoms with E-state index >= 15 is 0 Å². The van der Waals surface area contributed by atoms with Crippen molar-refractivity contribution in [2.45, 2.75) is 6.61 Å². The van der Waals surface area contributed by atoms with Gasteiger partial charge in [0.1, 0.15) is 24.3 Å². The van der Waals surface area contributed by atoms with Crippen molar-refractivity contribution in [1.82, 2.24) is 0 Å². The second kappa shape index (κ2) is 8.26. The van der Waals surface area contributed by atoms with Gasteiger partial charge in [0.05, 0.1) is 11.3 Å². The van der Waals surface area contributed by atoms with Gasteiger partial charge >= 0.3 is 58.4 Å². The fraction of sp³-hybridized carbons (Fsp3) is 0.0714. The molecule has 0 aliphatic rings. The first-order valence-corrected chi connectivity index (χ1v) is 6.12. The van der Waals surface area contributed by atoms with E-state index in [0.29, 0.717) is 6.07 Å². The van der Waals surface area contributed by atoms with Crippen LogP contribution in [0.25, 0.3) is 0 Å². The van der Waals surface area contributed by atoms with Crippen molar-refractivity contribution in [2.75, 3.05) is 0 Å². The number of nitriles is 1. The molecular weight excluding hydrogens is 343 g/mol. The summed E-state index contributed by atoms with van der Waals surface area (Å²) in [5.74, 6) is -2.49. The van der Waals surface area contributed by atoms with E-state index < -0.39 is 36.4 Å². The number of nitrogens with zero attached hydrogens (tertiary/aromatic N) is 1. The van der Waals surface area contributed by atoms with E-state index in [1.165, 1.54) is 18.2 Å². The molecule has 0 fully saturated rings. The van der Waals surface area contributed by atoms with E-state index in [1.807, 2.05) is 0 Å². The molecule has 2 nitrogen and oxygen atoms in total. The minimum absolute atomic E-state index is 0. The van der Waals surface area contributed by atoms with Crippen LogP contribution in [0, 0.1) is 23.0 Å². The summed E-state index contributed by atoms with van der Waals surface area (Å²) in [7, 11) is 0. The fourth-order valence-electron chi connectivity index (χ4n) is 1.84. The van der Waals surface area contributed by atoms with E-state index in [9.17, 15) is 21.7 Å². The van der Waals surface area contributed by atoms with E-state index in [0.717, 1.165) is 12.1 Å². The summed E-state index contributed by atoms with van der Waals surface area (Å²) in [6.07, 6.45) is 0. The largest absolute Gasteiger partial charge is 1.00 e. The maximum absolute atomic E-state index is 13.8. The second-order valence-corrected chi connectivity index (χ2v) is 4.44. The Kier molecular flexibility index (Phi) is 7.23. The number of rotatable bonds is 4. The zero-order valence-electron chi connectivity index (χ0n) is 12.0. The van der Waals surface area contributed by atoms with Gasteiger partial charge in [-0.3, -0.25) is 0 Å². The van der Waals surface area contributed by atoms with Gasteiger partial charge in [0.2, 0.25) is 0 Å². The minimum Gasteiger partial charge on any atom is -0.492 e. The quantitative estimate of drug-likeness (QED) is 0.593. The van der Waals surface area contributed by atoms with Crippen LogP contribution in [-0.2, 0) is 6.61 Å². The van der Waals surface area contributed by atoms with Gasteiger partial charge in [0.15, 0.2) is 0 Å². The van der Waals surface area contributed by atoms with E-state index in [1.54, 1.807) is 6.07 Å². The molecule has 0 aliphatic carbocycles. The zero-order chi connectivity index (χ0) is 16.3. The molecule has 0 saturated carbocycles. The molecule has 0 saturated heterocycles. The molecule has 9 heteroatoms. The molecule has 2 rings (SSSR count). The summed E-state index contributed by atoms with van der Waals surface area (Å²) in [6, 6.07) is 7.53. The van der Waals surface area contributed by atoms with Crippen LogP contribution < -0.4 is 61.6 Å². The third-order valence-electron chi connectivity index (χ3n) is 2.91. The molecule has 0 N–H and O–H groups in total. The van der Waals surface area contributed by atoms with Crippen molar-refractivity contribution in [3.05, 3.63) is 59.2 Å². The Morgan fingerprint density at radius 1 is 1.09 bits per heavy atom. The van der Waals surface area contributed by atoms with E-state index in [-0.39, 0.29) is 62.5 Å². The molecule has 0 atom stereocenters. The van der Waals surface area contributed by atoms with Crippen LogP contribution in [0.5, 0.6) is 5.75 Å².